The number of ether oxygens (including phenoxy) is 1. The minimum atomic E-state index is -2.01. The van der Waals surface area contributed by atoms with E-state index in [-0.39, 0.29) is 42.9 Å². The number of allylic oxidation sites excluding steroid dienone is 2. The van der Waals surface area contributed by atoms with Gasteiger partial charge < -0.3 is 82.8 Å². The maximum absolute atomic E-state index is 14.6. The van der Waals surface area contributed by atoms with E-state index in [1.807, 2.05) is 0 Å². The summed E-state index contributed by atoms with van der Waals surface area (Å²) in [4.78, 5) is 158. The van der Waals surface area contributed by atoms with Gasteiger partial charge in [0, 0.05) is 25.5 Å². The van der Waals surface area contributed by atoms with Crippen LogP contribution in [0, 0.1) is 0 Å². The number of cyclic esters (lactones) is 1. The lowest BCUT2D eigenvalue weighted by molar-refractivity contribution is -0.156. The number of aliphatic hydroxyl groups excluding tert-OH is 3. The molecular weight excluding hydrogens is 1090 g/mol. The van der Waals surface area contributed by atoms with Gasteiger partial charge in [-0.05, 0) is 72.1 Å². The molecule has 2 aromatic rings. The fourth-order valence-corrected chi connectivity index (χ4v) is 8.72. The van der Waals surface area contributed by atoms with E-state index in [1.165, 1.54) is 82.9 Å². The first-order valence-electron chi connectivity index (χ1n) is 28.4. The zero-order valence-corrected chi connectivity index (χ0v) is 48.8. The quantitative estimate of drug-likeness (QED) is 0.0365. The Morgan fingerprint density at radius 3 is 1.93 bits per heavy atom. The number of carbonyl (C=O) groups excluding carboxylic acids is 11. The molecule has 0 bridgehead atoms. The highest BCUT2D eigenvalue weighted by molar-refractivity contribution is 6.03. The summed E-state index contributed by atoms with van der Waals surface area (Å²) in [5.41, 5.74) is -0.342. The molecule has 14 N–H and O–H groups in total. The summed E-state index contributed by atoms with van der Waals surface area (Å²) in [6.07, 6.45) is 6.81. The van der Waals surface area contributed by atoms with Gasteiger partial charge in [-0.15, -0.1) is 0 Å². The van der Waals surface area contributed by atoms with Crippen molar-refractivity contribution >= 4 is 64.9 Å². The van der Waals surface area contributed by atoms with Crippen molar-refractivity contribution in [2.24, 2.45) is 0 Å². The van der Waals surface area contributed by atoms with Gasteiger partial charge in [-0.2, -0.15) is 0 Å². The molecule has 464 valence electrons. The molecule has 0 unspecified atom stereocenters. The molecule has 1 fully saturated rings. The fraction of sp³-hybridized carbons (Fsp3) is 0.579. The number of rotatable bonds is 24. The van der Waals surface area contributed by atoms with Crippen LogP contribution in [0.3, 0.4) is 0 Å². The van der Waals surface area contributed by atoms with Crippen LogP contribution in [0.1, 0.15) is 143 Å². The van der Waals surface area contributed by atoms with Crippen molar-refractivity contribution in [1.29, 1.82) is 0 Å². The number of Topliss-reactive ketones (excluding diaryl/α,β-unsaturated/α-hetero) is 1. The lowest BCUT2D eigenvalue weighted by atomic mass is 10.0. The number of H-pyrrole nitrogens is 1. The molecule has 0 spiro atoms. The van der Waals surface area contributed by atoms with Gasteiger partial charge >= 0.3 is 5.97 Å². The van der Waals surface area contributed by atoms with E-state index in [1.54, 1.807) is 0 Å². The number of aromatic hydroxyl groups is 1. The summed E-state index contributed by atoms with van der Waals surface area (Å²) in [6.45, 7) is 8.68. The molecule has 1 aromatic heterocycles. The summed E-state index contributed by atoms with van der Waals surface area (Å²) in [7, 11) is 0. The molecule has 0 saturated carbocycles. The van der Waals surface area contributed by atoms with E-state index >= 15 is 0 Å². The maximum Gasteiger partial charge on any atom is 0.329 e. The van der Waals surface area contributed by atoms with Crippen LogP contribution in [-0.4, -0.2) is 163 Å². The summed E-state index contributed by atoms with van der Waals surface area (Å²) in [5.74, 6) is -11.5. The normalized spacial score (nSPS) is 22.9. The second-order valence-corrected chi connectivity index (χ2v) is 20.8. The summed E-state index contributed by atoms with van der Waals surface area (Å²) in [5, 5.41) is 63.9. The molecule has 27 heteroatoms. The Morgan fingerprint density at radius 2 is 1.36 bits per heavy atom. The van der Waals surface area contributed by atoms with Crippen molar-refractivity contribution < 1.29 is 77.9 Å². The zero-order valence-electron chi connectivity index (χ0n) is 48.8. The molecule has 1 aliphatic heterocycles. The average Bonchev–Trinajstić information content (AvgIpc) is 4.03. The second kappa shape index (κ2) is 36.5. The van der Waals surface area contributed by atoms with E-state index in [0.717, 1.165) is 59.0 Å². The number of hydrogen-bond donors (Lipinski definition) is 14. The Morgan fingerprint density at radius 1 is 0.750 bits per heavy atom. The number of imidazole rings is 1. The number of unbranched alkanes of at least 4 members (excludes halogenated alkanes) is 8. The number of esters is 1. The van der Waals surface area contributed by atoms with Gasteiger partial charge in [-0.25, -0.2) is 9.78 Å². The number of phenolic OH excluding ortho intramolecular Hbond substituents is 1. The van der Waals surface area contributed by atoms with Crippen LogP contribution in [0.2, 0.25) is 0 Å². The molecule has 84 heavy (non-hydrogen) atoms. The highest BCUT2D eigenvalue weighted by Crippen LogP contribution is 2.16. The number of aliphatic hydroxyl groups is 3. The van der Waals surface area contributed by atoms with Crippen LogP contribution in [0.25, 0.3) is 0 Å². The van der Waals surface area contributed by atoms with Gasteiger partial charge in [-0.1, -0.05) is 89.0 Å². The number of benzene rings is 1. The fourth-order valence-electron chi connectivity index (χ4n) is 8.72. The molecule has 2 heterocycles. The van der Waals surface area contributed by atoms with E-state index in [4.69, 9.17) is 4.74 Å². The van der Waals surface area contributed by atoms with Crippen LogP contribution in [0.4, 0.5) is 0 Å². The Hall–Kier alpha value is -8.04. The lowest BCUT2D eigenvalue weighted by Crippen LogP contribution is -2.62. The number of hydrogen-bond acceptors (Lipinski definition) is 17. The molecule has 0 aliphatic carbocycles. The van der Waals surface area contributed by atoms with Crippen molar-refractivity contribution in [3.8, 4) is 5.75 Å². The predicted octanol–water partition coefficient (Wildman–Crippen LogP) is -0.286. The second-order valence-electron chi connectivity index (χ2n) is 20.8. The third-order valence-electron chi connectivity index (χ3n) is 13.6. The third kappa shape index (κ3) is 24.8. The molecule has 1 aliphatic rings. The van der Waals surface area contributed by atoms with Crippen molar-refractivity contribution in [2.45, 2.75) is 205 Å². The van der Waals surface area contributed by atoms with E-state index in [2.05, 4.69) is 64.7 Å². The van der Waals surface area contributed by atoms with E-state index in [0.29, 0.717) is 18.4 Å². The van der Waals surface area contributed by atoms with Gasteiger partial charge in [0.15, 0.2) is 0 Å². The molecule has 27 nitrogen and oxygen atoms in total. The standard InChI is InChI=1S/C57H85N11O16/c1-8-11-12-13-14-15-16-17-18-19-39(73)28-45(74)61-40(9-2)52(78)68-49-35(7)84-57(83)44(27-37-29-58-31-60-37)65-54(80)47(33(5)70)66-46(75)30-59-50(76)42(25-20-32(4)69)63-51(77)41(10-3)62-53(79)43(26-36-21-23-38(72)24-22-36)64-55(81)48(34(6)71)67-56(49)82/h9-10,21-24,29,31,33-35,39,42-44,47-49,70-73H,8,11-20,25-28,30H2,1-7H3,(H,58,60)(H,59,76)(H,61,74)(H,62,79)(H,63,77)(H,64,81)(H,65,80)(H,66,75)(H,67,82)(H,68,78)/b40-9+,41-10-/t33-,34+,35-,39-,42-,43-,44+,47+,48-,49+/m1/s1. The monoisotopic (exact) mass is 1180 g/mol. The van der Waals surface area contributed by atoms with Crippen LogP contribution in [0.5, 0.6) is 5.75 Å². The summed E-state index contributed by atoms with van der Waals surface area (Å²) in [6, 6.07) is -5.23. The molecule has 1 saturated heterocycles. The number of amides is 9. The van der Waals surface area contributed by atoms with E-state index in [9.17, 15) is 73.2 Å². The molecule has 9 amide bonds. The Kier molecular flexibility index (Phi) is 30.5. The first kappa shape index (κ1) is 70.2. The van der Waals surface area contributed by atoms with Crippen LogP contribution in [-0.2, 0) is 70.3 Å². The summed E-state index contributed by atoms with van der Waals surface area (Å²) < 4.78 is 5.76. The highest BCUT2D eigenvalue weighted by Gasteiger charge is 2.39. The number of ketones is 1. The topological polar surface area (TPSA) is 415 Å². The van der Waals surface area contributed by atoms with Crippen molar-refractivity contribution in [3.63, 3.8) is 0 Å². The summed E-state index contributed by atoms with van der Waals surface area (Å²) >= 11 is 0. The largest absolute Gasteiger partial charge is 0.508 e. The van der Waals surface area contributed by atoms with Crippen molar-refractivity contribution in [1.82, 2.24) is 57.8 Å². The van der Waals surface area contributed by atoms with Crippen molar-refractivity contribution in [3.05, 3.63) is 71.6 Å². The third-order valence-corrected chi connectivity index (χ3v) is 13.6. The lowest BCUT2D eigenvalue weighted by Gasteiger charge is -2.30. The van der Waals surface area contributed by atoms with E-state index < -0.39 is 144 Å². The minimum absolute atomic E-state index is 0.143. The van der Waals surface area contributed by atoms with Gasteiger partial charge in [0.1, 0.15) is 65.3 Å². The van der Waals surface area contributed by atoms with Gasteiger partial charge in [0.05, 0.1) is 43.3 Å². The highest BCUT2D eigenvalue weighted by atomic mass is 16.5. The van der Waals surface area contributed by atoms with Crippen molar-refractivity contribution in [2.75, 3.05) is 6.54 Å². The van der Waals surface area contributed by atoms with Crippen LogP contribution >= 0.6 is 0 Å². The zero-order chi connectivity index (χ0) is 62.5. The van der Waals surface area contributed by atoms with Crippen LogP contribution < -0.4 is 47.9 Å². The minimum Gasteiger partial charge on any atom is -0.508 e. The average molecular weight is 1180 g/mol. The number of carbonyl (C=O) groups is 11. The number of phenols is 1. The van der Waals surface area contributed by atoms with Gasteiger partial charge in [-0.3, -0.25) is 43.2 Å². The van der Waals surface area contributed by atoms with Gasteiger partial charge in [0.25, 0.3) is 11.8 Å². The predicted molar refractivity (Wildman–Crippen MR) is 304 cm³/mol. The molecule has 3 rings (SSSR count). The van der Waals surface area contributed by atoms with Crippen LogP contribution in [0.15, 0.2) is 60.3 Å². The Balaban J connectivity index is 2.10. The molecule has 10 atom stereocenters. The molecule has 1 aromatic carbocycles. The number of nitrogens with one attached hydrogen (secondary N) is 10. The molecular formula is C57H85N11O16. The Bertz CT molecular complexity index is 2610. The Labute approximate surface area is 488 Å². The SMILES string of the molecule is C/C=C1\NC(=O)[C@@H](Cc2ccc(O)cc2)NC(=O)[C@@H]([C@H](C)O)NC(=O)[C@@H](NC(=O)/C(=C\C)NC(=O)C[C@H](O)CCCCCCCCCCC)[C@@H](C)OC(=O)[C@H](Cc2c[nH]cn2)NC(=O)[C@H]([C@@H](C)O)NC(=O)CNC(=O)[C@@H](CCC(C)=O)NC1=O. The number of nitrogens with zero attached hydrogens (tertiary/aromatic N) is 1. The maximum atomic E-state index is 14.6. The smallest absolute Gasteiger partial charge is 0.329 e. The van der Waals surface area contributed by atoms with Gasteiger partial charge in [0.2, 0.25) is 41.4 Å². The number of aromatic nitrogens is 2. The first-order chi connectivity index (χ1) is 39.9. The molecule has 0 radical (unpaired) electrons. The number of aromatic amines is 1. The first-order valence-corrected chi connectivity index (χ1v) is 28.4.